The molecule has 1 fully saturated rings. The van der Waals surface area contributed by atoms with Gasteiger partial charge in [0, 0.05) is 36.9 Å². The molecule has 3 rings (SSSR count). The average Bonchev–Trinajstić information content (AvgIpc) is 3.02. The molecule has 24 heavy (non-hydrogen) atoms. The van der Waals surface area contributed by atoms with Crippen LogP contribution in [-0.4, -0.2) is 46.6 Å². The predicted molar refractivity (Wildman–Crippen MR) is 92.6 cm³/mol. The van der Waals surface area contributed by atoms with Gasteiger partial charge in [-0.3, -0.25) is 4.79 Å². The summed E-state index contributed by atoms with van der Waals surface area (Å²) in [6.07, 6.45) is 7.36. The number of nitrogens with one attached hydrogen (secondary N) is 1. The van der Waals surface area contributed by atoms with Gasteiger partial charge in [0.05, 0.1) is 10.7 Å². The highest BCUT2D eigenvalue weighted by Gasteiger charge is 2.27. The molecule has 2 heterocycles. The predicted octanol–water partition coefficient (Wildman–Crippen LogP) is 2.78. The molecule has 2 amide bonds. The van der Waals surface area contributed by atoms with Crippen molar-refractivity contribution in [3.05, 3.63) is 15.6 Å². The molecule has 1 aromatic rings. The van der Waals surface area contributed by atoms with Crippen LogP contribution in [0.5, 0.6) is 0 Å². The van der Waals surface area contributed by atoms with Gasteiger partial charge in [-0.1, -0.05) is 0 Å². The molecule has 0 aromatic carbocycles. The molecule has 0 bridgehead atoms. The summed E-state index contributed by atoms with van der Waals surface area (Å²) in [5.41, 5.74) is 1.32. The highest BCUT2D eigenvalue weighted by molar-refractivity contribution is 7.11. The molecule has 132 valence electrons. The molecule has 1 aliphatic carbocycles. The fourth-order valence-electron chi connectivity index (χ4n) is 3.42. The van der Waals surface area contributed by atoms with Gasteiger partial charge in [0.1, 0.15) is 0 Å². The zero-order chi connectivity index (χ0) is 16.9. The van der Waals surface area contributed by atoms with E-state index in [1.54, 1.807) is 0 Å². The number of likely N-dealkylation sites (tertiary alicyclic amines) is 1. The van der Waals surface area contributed by atoms with E-state index >= 15 is 0 Å². The van der Waals surface area contributed by atoms with Gasteiger partial charge < -0.3 is 15.3 Å². The summed E-state index contributed by atoms with van der Waals surface area (Å²) in [4.78, 5) is 30.7. The summed E-state index contributed by atoms with van der Waals surface area (Å²) in [6, 6.07) is -0.0720. The molecule has 2 aliphatic rings. The number of aromatic nitrogens is 1. The Balaban J connectivity index is 1.44. The topological polar surface area (TPSA) is 82.5 Å². The lowest BCUT2D eigenvalue weighted by atomic mass is 9.97. The van der Waals surface area contributed by atoms with E-state index in [-0.39, 0.29) is 12.5 Å². The van der Waals surface area contributed by atoms with Gasteiger partial charge in [0.15, 0.2) is 0 Å². The molecule has 2 N–H and O–H groups in total. The van der Waals surface area contributed by atoms with Crippen LogP contribution in [-0.2, 0) is 17.6 Å². The van der Waals surface area contributed by atoms with Gasteiger partial charge in [-0.15, -0.1) is 11.3 Å². The van der Waals surface area contributed by atoms with Crippen molar-refractivity contribution < 1.29 is 14.7 Å². The number of carbonyl (C=O) groups is 2. The lowest BCUT2D eigenvalue weighted by Gasteiger charge is -2.31. The largest absolute Gasteiger partial charge is 0.481 e. The van der Waals surface area contributed by atoms with Crippen LogP contribution in [0.2, 0.25) is 0 Å². The maximum Gasteiger partial charge on any atom is 0.317 e. The number of amides is 2. The molecular weight excluding hydrogens is 326 g/mol. The highest BCUT2D eigenvalue weighted by atomic mass is 32.1. The van der Waals surface area contributed by atoms with Gasteiger partial charge in [-0.05, 0) is 44.9 Å². The number of carbonyl (C=O) groups excluding carboxylic acids is 1. The Kier molecular flexibility index (Phi) is 5.71. The van der Waals surface area contributed by atoms with Crippen molar-refractivity contribution in [1.82, 2.24) is 15.2 Å². The first-order chi connectivity index (χ1) is 11.6. The molecule has 7 heteroatoms. The van der Waals surface area contributed by atoms with Gasteiger partial charge >= 0.3 is 12.0 Å². The Hall–Kier alpha value is -1.63. The number of fused-ring (bicyclic) bond motifs is 1. The summed E-state index contributed by atoms with van der Waals surface area (Å²) in [5.74, 6) is -0.340. The van der Waals surface area contributed by atoms with Crippen LogP contribution >= 0.6 is 11.3 Å². The van der Waals surface area contributed by atoms with Crippen LogP contribution in [0.1, 0.15) is 60.0 Å². The molecule has 0 unspecified atom stereocenters. The fourth-order valence-corrected chi connectivity index (χ4v) is 4.75. The Morgan fingerprint density at radius 1 is 1.25 bits per heavy atom. The van der Waals surface area contributed by atoms with Gasteiger partial charge in [0.25, 0.3) is 0 Å². The van der Waals surface area contributed by atoms with Crippen molar-refractivity contribution in [3.8, 4) is 0 Å². The lowest BCUT2D eigenvalue weighted by Crippen LogP contribution is -2.44. The van der Waals surface area contributed by atoms with Crippen molar-refractivity contribution in [1.29, 1.82) is 0 Å². The molecule has 1 saturated heterocycles. The van der Waals surface area contributed by atoms with E-state index < -0.39 is 5.97 Å². The van der Waals surface area contributed by atoms with E-state index in [9.17, 15) is 9.59 Å². The number of urea groups is 1. The molecule has 0 atom stereocenters. The number of piperidine rings is 1. The highest BCUT2D eigenvalue weighted by Crippen LogP contribution is 2.35. The molecule has 1 aromatic heterocycles. The van der Waals surface area contributed by atoms with Crippen LogP contribution in [0, 0.1) is 0 Å². The molecule has 0 radical (unpaired) electrons. The SMILES string of the molecule is O=C(O)CCCNC(=O)N1CCC(c2nc3c(s2)CCCC3)CC1. The van der Waals surface area contributed by atoms with Crippen molar-refractivity contribution in [3.63, 3.8) is 0 Å². The minimum Gasteiger partial charge on any atom is -0.481 e. The monoisotopic (exact) mass is 351 g/mol. The van der Waals surface area contributed by atoms with E-state index in [0.717, 1.165) is 32.4 Å². The van der Waals surface area contributed by atoms with E-state index in [2.05, 4.69) is 5.32 Å². The molecular formula is C17H25N3O3S. The number of hydrogen-bond donors (Lipinski definition) is 2. The number of nitrogens with zero attached hydrogens (tertiary/aromatic N) is 2. The van der Waals surface area contributed by atoms with Gasteiger partial charge in [-0.25, -0.2) is 9.78 Å². The molecule has 0 saturated carbocycles. The molecule has 1 aliphatic heterocycles. The third kappa shape index (κ3) is 4.26. The summed E-state index contributed by atoms with van der Waals surface area (Å²) in [5, 5.41) is 12.7. The van der Waals surface area contributed by atoms with Crippen LogP contribution in [0.3, 0.4) is 0 Å². The summed E-state index contributed by atoms with van der Waals surface area (Å²) in [6.45, 7) is 1.92. The summed E-state index contributed by atoms with van der Waals surface area (Å²) >= 11 is 1.89. The minimum atomic E-state index is -0.823. The summed E-state index contributed by atoms with van der Waals surface area (Å²) in [7, 11) is 0. The minimum absolute atomic E-state index is 0.0720. The van der Waals surface area contributed by atoms with Crippen molar-refractivity contribution in [2.45, 2.75) is 57.3 Å². The third-order valence-corrected chi connectivity index (χ3v) is 6.16. The smallest absolute Gasteiger partial charge is 0.317 e. The van der Waals surface area contributed by atoms with E-state index in [0.29, 0.717) is 18.9 Å². The maximum atomic E-state index is 12.1. The molecule has 0 spiro atoms. The quantitative estimate of drug-likeness (QED) is 0.799. The first kappa shape index (κ1) is 17.2. The first-order valence-electron chi connectivity index (χ1n) is 8.86. The lowest BCUT2D eigenvalue weighted by molar-refractivity contribution is -0.137. The number of aliphatic carboxylic acids is 1. The van der Waals surface area contributed by atoms with E-state index in [1.807, 2.05) is 16.2 Å². The van der Waals surface area contributed by atoms with E-state index in [1.165, 1.54) is 34.8 Å². The number of rotatable bonds is 5. The third-order valence-electron chi connectivity index (χ3n) is 4.84. The Bertz CT molecular complexity index is 570. The second-order valence-electron chi connectivity index (χ2n) is 6.62. The zero-order valence-electron chi connectivity index (χ0n) is 13.9. The maximum absolute atomic E-state index is 12.1. The zero-order valence-corrected chi connectivity index (χ0v) is 14.7. The number of aryl methyl sites for hydroxylation is 2. The molecule has 6 nitrogen and oxygen atoms in total. The number of hydrogen-bond acceptors (Lipinski definition) is 4. The van der Waals surface area contributed by atoms with Gasteiger partial charge in [0.2, 0.25) is 0 Å². The Labute approximate surface area is 146 Å². The van der Waals surface area contributed by atoms with Crippen molar-refractivity contribution in [2.75, 3.05) is 19.6 Å². The fraction of sp³-hybridized carbons (Fsp3) is 0.706. The second kappa shape index (κ2) is 7.96. The van der Waals surface area contributed by atoms with Crippen LogP contribution in [0.25, 0.3) is 0 Å². The first-order valence-corrected chi connectivity index (χ1v) is 9.68. The van der Waals surface area contributed by atoms with Gasteiger partial charge in [-0.2, -0.15) is 0 Å². The van der Waals surface area contributed by atoms with Crippen molar-refractivity contribution >= 4 is 23.3 Å². The summed E-state index contributed by atoms with van der Waals surface area (Å²) < 4.78 is 0. The number of carboxylic acids is 1. The van der Waals surface area contributed by atoms with Crippen LogP contribution in [0.4, 0.5) is 4.79 Å². The number of carboxylic acid groups (broad SMARTS) is 1. The second-order valence-corrected chi connectivity index (χ2v) is 7.73. The van der Waals surface area contributed by atoms with Crippen LogP contribution in [0.15, 0.2) is 0 Å². The van der Waals surface area contributed by atoms with E-state index in [4.69, 9.17) is 10.1 Å². The standard InChI is InChI=1S/C17H25N3O3S/c21-15(22)6-3-9-18-17(23)20-10-7-12(8-11-20)16-19-13-4-1-2-5-14(13)24-16/h12H,1-11H2,(H,18,23)(H,21,22). The Morgan fingerprint density at radius 3 is 2.71 bits per heavy atom. The van der Waals surface area contributed by atoms with Crippen molar-refractivity contribution in [2.24, 2.45) is 0 Å². The van der Waals surface area contributed by atoms with Crippen LogP contribution < -0.4 is 5.32 Å². The normalized spacial score (nSPS) is 18.2. The Morgan fingerprint density at radius 2 is 2.00 bits per heavy atom. The average molecular weight is 351 g/mol. The number of thiazole rings is 1.